The minimum absolute atomic E-state index is 0.156. The zero-order valence-electron chi connectivity index (χ0n) is 14.2. The summed E-state index contributed by atoms with van der Waals surface area (Å²) < 4.78 is 5.46. The third-order valence-electron chi connectivity index (χ3n) is 4.40. The molecule has 1 aliphatic rings. The Morgan fingerprint density at radius 2 is 1.96 bits per heavy atom. The maximum Gasteiger partial charge on any atom is 0.251 e. The highest BCUT2D eigenvalue weighted by Gasteiger charge is 2.21. The molecule has 1 atom stereocenters. The van der Waals surface area contributed by atoms with Gasteiger partial charge in [-0.25, -0.2) is 0 Å². The predicted octanol–water partition coefficient (Wildman–Crippen LogP) is 1.35. The van der Waals surface area contributed by atoms with E-state index in [2.05, 4.69) is 16.2 Å². The molecule has 4 N–H and O–H groups in total. The minimum Gasteiger partial charge on any atom is -0.496 e. The number of ether oxygens (including phenoxy) is 1. The normalized spacial score (nSPS) is 15.8. The number of hydrogen-bond donors (Lipinski definition) is 4. The maximum atomic E-state index is 12.4. The van der Waals surface area contributed by atoms with E-state index in [0.717, 1.165) is 24.2 Å². The summed E-state index contributed by atoms with van der Waals surface area (Å²) in [5.74, 6) is 0.779. The van der Waals surface area contributed by atoms with Crippen molar-refractivity contribution in [1.29, 1.82) is 0 Å². The van der Waals surface area contributed by atoms with E-state index in [0.29, 0.717) is 17.2 Å². The molecule has 2 aromatic rings. The molecule has 3 rings (SSSR count). The first kappa shape index (κ1) is 17.4. The lowest BCUT2D eigenvalue weighted by Crippen LogP contribution is -2.28. The zero-order chi connectivity index (χ0) is 17.6. The Labute approximate surface area is 147 Å². The third kappa shape index (κ3) is 4.17. The van der Waals surface area contributed by atoms with Gasteiger partial charge in [0, 0.05) is 31.1 Å². The van der Waals surface area contributed by atoms with Gasteiger partial charge in [-0.05, 0) is 23.3 Å². The van der Waals surface area contributed by atoms with Crippen molar-refractivity contribution in [3.8, 4) is 5.75 Å². The second kappa shape index (κ2) is 8.11. The number of benzene rings is 2. The Morgan fingerprint density at radius 3 is 2.64 bits per heavy atom. The molecule has 132 valence electrons. The monoisotopic (exact) mass is 341 g/mol. The Morgan fingerprint density at radius 1 is 1.24 bits per heavy atom. The van der Waals surface area contributed by atoms with Crippen molar-refractivity contribution in [2.24, 2.45) is 0 Å². The Balaban J connectivity index is 1.65. The van der Waals surface area contributed by atoms with Crippen molar-refractivity contribution in [1.82, 2.24) is 16.2 Å². The molecule has 0 aromatic heterocycles. The van der Waals surface area contributed by atoms with Crippen LogP contribution in [0.5, 0.6) is 5.75 Å². The number of carbonyl (C=O) groups excluding carboxylic acids is 1. The lowest BCUT2D eigenvalue weighted by atomic mass is 9.97. The summed E-state index contributed by atoms with van der Waals surface area (Å²) in [6.07, 6.45) is -0.734. The van der Waals surface area contributed by atoms with Gasteiger partial charge in [0.05, 0.1) is 13.2 Å². The molecule has 6 nitrogen and oxygen atoms in total. The minimum atomic E-state index is -0.734. The number of amides is 1. The van der Waals surface area contributed by atoms with Crippen LogP contribution in [0.3, 0.4) is 0 Å². The number of methoxy groups -OCH3 is 1. The molecule has 0 unspecified atom stereocenters. The van der Waals surface area contributed by atoms with Crippen LogP contribution in [0.15, 0.2) is 48.5 Å². The summed E-state index contributed by atoms with van der Waals surface area (Å²) in [6, 6.07) is 14.7. The SMILES string of the molecule is COc1cc(C(=O)NC[C@@H](O)c2ccccc2)ccc1C1CNNC1. The highest BCUT2D eigenvalue weighted by Crippen LogP contribution is 2.28. The van der Waals surface area contributed by atoms with Crippen molar-refractivity contribution in [3.63, 3.8) is 0 Å². The summed E-state index contributed by atoms with van der Waals surface area (Å²) in [5.41, 5.74) is 8.55. The number of nitrogens with one attached hydrogen (secondary N) is 3. The van der Waals surface area contributed by atoms with Crippen LogP contribution in [-0.2, 0) is 0 Å². The van der Waals surface area contributed by atoms with Crippen LogP contribution >= 0.6 is 0 Å². The Kier molecular flexibility index (Phi) is 5.65. The van der Waals surface area contributed by atoms with Gasteiger partial charge in [-0.2, -0.15) is 0 Å². The molecule has 2 aromatic carbocycles. The van der Waals surface area contributed by atoms with Crippen LogP contribution in [0, 0.1) is 0 Å². The van der Waals surface area contributed by atoms with Gasteiger partial charge in [-0.3, -0.25) is 15.6 Å². The Hall–Kier alpha value is -2.41. The van der Waals surface area contributed by atoms with E-state index in [1.54, 1.807) is 19.2 Å². The molecule has 0 spiro atoms. The quantitative estimate of drug-likeness (QED) is 0.638. The van der Waals surface area contributed by atoms with Crippen LogP contribution in [0.2, 0.25) is 0 Å². The third-order valence-corrected chi connectivity index (χ3v) is 4.40. The van der Waals surface area contributed by atoms with Crippen molar-refractivity contribution in [2.75, 3.05) is 26.7 Å². The van der Waals surface area contributed by atoms with Gasteiger partial charge in [0.1, 0.15) is 5.75 Å². The topological polar surface area (TPSA) is 82.6 Å². The van der Waals surface area contributed by atoms with Gasteiger partial charge in [-0.1, -0.05) is 36.4 Å². The zero-order valence-corrected chi connectivity index (χ0v) is 14.2. The van der Waals surface area contributed by atoms with Gasteiger partial charge in [-0.15, -0.1) is 0 Å². The van der Waals surface area contributed by atoms with E-state index >= 15 is 0 Å². The van der Waals surface area contributed by atoms with Crippen LogP contribution in [-0.4, -0.2) is 37.8 Å². The largest absolute Gasteiger partial charge is 0.496 e. The first-order valence-corrected chi connectivity index (χ1v) is 8.34. The highest BCUT2D eigenvalue weighted by molar-refractivity contribution is 5.94. The fourth-order valence-electron chi connectivity index (χ4n) is 2.96. The van der Waals surface area contributed by atoms with E-state index in [1.165, 1.54) is 0 Å². The van der Waals surface area contributed by atoms with Crippen LogP contribution < -0.4 is 20.9 Å². The first-order valence-electron chi connectivity index (χ1n) is 8.34. The molecule has 0 aliphatic carbocycles. The average Bonchev–Trinajstić information content (AvgIpc) is 3.20. The standard InChI is InChI=1S/C19H23N3O3/c1-25-18-9-14(7-8-16(18)15-10-21-22-11-15)19(24)20-12-17(23)13-5-3-2-4-6-13/h2-9,15,17,21-23H,10-12H2,1H3,(H,20,24)/t17-/m1/s1. The summed E-state index contributed by atoms with van der Waals surface area (Å²) in [4.78, 5) is 12.4. The second-order valence-corrected chi connectivity index (χ2v) is 6.05. The first-order chi connectivity index (χ1) is 12.2. The fraction of sp³-hybridized carbons (Fsp3) is 0.316. The summed E-state index contributed by atoms with van der Waals surface area (Å²) in [7, 11) is 1.61. The summed E-state index contributed by atoms with van der Waals surface area (Å²) in [6.45, 7) is 1.81. The molecule has 0 bridgehead atoms. The predicted molar refractivity (Wildman–Crippen MR) is 95.5 cm³/mol. The average molecular weight is 341 g/mol. The number of rotatable bonds is 6. The van der Waals surface area contributed by atoms with Gasteiger partial charge in [0.2, 0.25) is 0 Å². The van der Waals surface area contributed by atoms with Crippen LogP contribution in [0.1, 0.15) is 33.5 Å². The summed E-state index contributed by atoms with van der Waals surface area (Å²) in [5, 5.41) is 12.9. The van der Waals surface area contributed by atoms with Crippen LogP contribution in [0.25, 0.3) is 0 Å². The molecule has 1 fully saturated rings. The van der Waals surface area contributed by atoms with Gasteiger partial charge in [0.25, 0.3) is 5.91 Å². The lowest BCUT2D eigenvalue weighted by molar-refractivity contribution is 0.0916. The molecule has 1 saturated heterocycles. The lowest BCUT2D eigenvalue weighted by Gasteiger charge is -2.16. The van der Waals surface area contributed by atoms with Gasteiger partial charge >= 0.3 is 0 Å². The molecule has 0 saturated carbocycles. The van der Waals surface area contributed by atoms with Crippen molar-refractivity contribution in [3.05, 3.63) is 65.2 Å². The summed E-state index contributed by atoms with van der Waals surface area (Å²) >= 11 is 0. The van der Waals surface area contributed by atoms with E-state index in [1.807, 2.05) is 36.4 Å². The van der Waals surface area contributed by atoms with Gasteiger partial charge in [0.15, 0.2) is 0 Å². The van der Waals surface area contributed by atoms with Crippen molar-refractivity contribution >= 4 is 5.91 Å². The van der Waals surface area contributed by atoms with Crippen molar-refractivity contribution in [2.45, 2.75) is 12.0 Å². The Bertz CT molecular complexity index is 715. The smallest absolute Gasteiger partial charge is 0.251 e. The van der Waals surface area contributed by atoms with Crippen LogP contribution in [0.4, 0.5) is 0 Å². The van der Waals surface area contributed by atoms with E-state index in [-0.39, 0.29) is 12.5 Å². The fourth-order valence-corrected chi connectivity index (χ4v) is 2.96. The van der Waals surface area contributed by atoms with E-state index in [9.17, 15) is 9.90 Å². The van der Waals surface area contributed by atoms with Gasteiger partial charge < -0.3 is 15.2 Å². The molecular formula is C19H23N3O3. The van der Waals surface area contributed by atoms with E-state index in [4.69, 9.17) is 4.74 Å². The van der Waals surface area contributed by atoms with E-state index < -0.39 is 6.10 Å². The molecule has 0 radical (unpaired) electrons. The molecule has 25 heavy (non-hydrogen) atoms. The molecule has 6 heteroatoms. The number of aliphatic hydroxyl groups excluding tert-OH is 1. The number of hydrazine groups is 1. The number of aliphatic hydroxyl groups is 1. The maximum absolute atomic E-state index is 12.4. The second-order valence-electron chi connectivity index (χ2n) is 6.05. The number of carbonyl (C=O) groups is 1. The molecule has 1 aliphatic heterocycles. The highest BCUT2D eigenvalue weighted by atomic mass is 16.5. The molecule has 1 amide bonds. The molecular weight excluding hydrogens is 318 g/mol. The number of hydrogen-bond acceptors (Lipinski definition) is 5. The molecule has 1 heterocycles. The van der Waals surface area contributed by atoms with Crippen molar-refractivity contribution < 1.29 is 14.6 Å².